The van der Waals surface area contributed by atoms with Crippen LogP contribution in [0.25, 0.3) is 0 Å². The van der Waals surface area contributed by atoms with Crippen LogP contribution < -0.4 is 4.90 Å². The largest absolute Gasteiger partial charge is 0.362 e. The number of carbonyl (C=O) groups is 1. The summed E-state index contributed by atoms with van der Waals surface area (Å²) in [5, 5.41) is 0. The second kappa shape index (κ2) is 3.87. The number of aromatic nitrogens is 1. The molecule has 4 heteroatoms. The van der Waals surface area contributed by atoms with Gasteiger partial charge in [0.25, 0.3) is 0 Å². The zero-order chi connectivity index (χ0) is 10.0. The lowest BCUT2D eigenvalue weighted by Crippen LogP contribution is -2.14. The number of ketones is 1. The van der Waals surface area contributed by atoms with Crippen molar-refractivity contribution in [2.24, 2.45) is 0 Å². The van der Waals surface area contributed by atoms with Crippen molar-refractivity contribution >= 4 is 27.5 Å². The van der Waals surface area contributed by atoms with Gasteiger partial charge in [0.1, 0.15) is 5.82 Å². The number of pyridine rings is 1. The zero-order valence-corrected chi connectivity index (χ0v) is 9.42. The van der Waals surface area contributed by atoms with Gasteiger partial charge in [0, 0.05) is 24.8 Å². The van der Waals surface area contributed by atoms with Gasteiger partial charge in [0.05, 0.1) is 5.56 Å². The highest BCUT2D eigenvalue weighted by atomic mass is 79.9. The Balaban J connectivity index is 3.27. The zero-order valence-electron chi connectivity index (χ0n) is 7.84. The van der Waals surface area contributed by atoms with Crippen molar-refractivity contribution in [3.8, 4) is 0 Å². The van der Waals surface area contributed by atoms with Crippen LogP contribution in [0.4, 0.5) is 5.82 Å². The molecule has 0 radical (unpaired) electrons. The van der Waals surface area contributed by atoms with Crippen molar-refractivity contribution in [2.75, 3.05) is 19.0 Å². The fourth-order valence-corrected chi connectivity index (χ4v) is 1.38. The molecule has 0 aliphatic rings. The Bertz CT molecular complexity index is 336. The molecule has 0 spiro atoms. The van der Waals surface area contributed by atoms with E-state index in [2.05, 4.69) is 20.9 Å². The van der Waals surface area contributed by atoms with E-state index in [0.29, 0.717) is 11.4 Å². The molecule has 1 aromatic heterocycles. The molecule has 0 aliphatic carbocycles. The molecular weight excluding hydrogens is 232 g/mol. The standard InChI is InChI=1S/C9H11BrN2O/c1-6(13)8-4-7(10)5-11-9(8)12(2)3/h4-5H,1-3H3. The van der Waals surface area contributed by atoms with E-state index < -0.39 is 0 Å². The van der Waals surface area contributed by atoms with E-state index in [0.717, 1.165) is 4.47 Å². The molecule has 0 saturated heterocycles. The van der Waals surface area contributed by atoms with Crippen molar-refractivity contribution in [3.05, 3.63) is 22.3 Å². The fourth-order valence-electron chi connectivity index (χ4n) is 1.05. The molecule has 1 aromatic rings. The van der Waals surface area contributed by atoms with Crippen LogP contribution in [-0.2, 0) is 0 Å². The van der Waals surface area contributed by atoms with E-state index in [1.54, 1.807) is 12.3 Å². The average Bonchev–Trinajstić information content (AvgIpc) is 2.03. The van der Waals surface area contributed by atoms with E-state index in [1.165, 1.54) is 6.92 Å². The number of hydrogen-bond donors (Lipinski definition) is 0. The minimum atomic E-state index is 0.0255. The molecule has 0 amide bonds. The lowest BCUT2D eigenvalue weighted by molar-refractivity contribution is 0.101. The van der Waals surface area contributed by atoms with Crippen molar-refractivity contribution in [3.63, 3.8) is 0 Å². The molecule has 0 aliphatic heterocycles. The van der Waals surface area contributed by atoms with E-state index in [1.807, 2.05) is 19.0 Å². The Kier molecular flexibility index (Phi) is 3.03. The van der Waals surface area contributed by atoms with Crippen LogP contribution in [0.5, 0.6) is 0 Å². The molecular formula is C9H11BrN2O. The molecule has 0 atom stereocenters. The Morgan fingerprint density at radius 1 is 1.54 bits per heavy atom. The smallest absolute Gasteiger partial charge is 0.163 e. The van der Waals surface area contributed by atoms with Crippen LogP contribution in [0.3, 0.4) is 0 Å². The average molecular weight is 243 g/mol. The van der Waals surface area contributed by atoms with Crippen molar-refractivity contribution in [2.45, 2.75) is 6.92 Å². The molecule has 0 aromatic carbocycles. The molecule has 1 rings (SSSR count). The van der Waals surface area contributed by atoms with Crippen LogP contribution in [0, 0.1) is 0 Å². The normalized spacial score (nSPS) is 9.85. The third kappa shape index (κ3) is 2.28. The van der Waals surface area contributed by atoms with Crippen LogP contribution in [0.15, 0.2) is 16.7 Å². The SMILES string of the molecule is CC(=O)c1cc(Br)cnc1N(C)C. The summed E-state index contributed by atoms with van der Waals surface area (Å²) in [7, 11) is 3.73. The Labute approximate surface area is 85.9 Å². The fraction of sp³-hybridized carbons (Fsp3) is 0.333. The third-order valence-electron chi connectivity index (χ3n) is 1.64. The van der Waals surface area contributed by atoms with Gasteiger partial charge >= 0.3 is 0 Å². The van der Waals surface area contributed by atoms with Crippen LogP contribution >= 0.6 is 15.9 Å². The van der Waals surface area contributed by atoms with Gasteiger partial charge in [0.15, 0.2) is 5.78 Å². The number of rotatable bonds is 2. The number of carbonyl (C=O) groups excluding carboxylic acids is 1. The predicted octanol–water partition coefficient (Wildman–Crippen LogP) is 2.11. The van der Waals surface area contributed by atoms with Crippen LogP contribution in [-0.4, -0.2) is 24.9 Å². The molecule has 1 heterocycles. The molecule has 0 unspecified atom stereocenters. The van der Waals surface area contributed by atoms with Gasteiger partial charge in [-0.05, 0) is 28.9 Å². The molecule has 0 N–H and O–H groups in total. The van der Waals surface area contributed by atoms with E-state index in [9.17, 15) is 4.79 Å². The van der Waals surface area contributed by atoms with Gasteiger partial charge in [-0.3, -0.25) is 4.79 Å². The number of Topliss-reactive ketones (excluding diaryl/α,β-unsaturated/α-hetero) is 1. The number of nitrogens with zero attached hydrogens (tertiary/aromatic N) is 2. The summed E-state index contributed by atoms with van der Waals surface area (Å²) in [6.07, 6.45) is 1.68. The summed E-state index contributed by atoms with van der Waals surface area (Å²) in [5.74, 6) is 0.730. The van der Waals surface area contributed by atoms with Gasteiger partial charge in [-0.25, -0.2) is 4.98 Å². The lowest BCUT2D eigenvalue weighted by Gasteiger charge is -2.14. The minimum Gasteiger partial charge on any atom is -0.362 e. The highest BCUT2D eigenvalue weighted by Gasteiger charge is 2.10. The number of anilines is 1. The molecule has 3 nitrogen and oxygen atoms in total. The number of hydrogen-bond acceptors (Lipinski definition) is 3. The quantitative estimate of drug-likeness (QED) is 0.746. The van der Waals surface area contributed by atoms with E-state index in [-0.39, 0.29) is 5.78 Å². The monoisotopic (exact) mass is 242 g/mol. The first kappa shape index (κ1) is 10.2. The number of halogens is 1. The maximum Gasteiger partial charge on any atom is 0.163 e. The van der Waals surface area contributed by atoms with Gasteiger partial charge in [0.2, 0.25) is 0 Å². The first-order chi connectivity index (χ1) is 6.02. The first-order valence-corrected chi connectivity index (χ1v) is 4.65. The highest BCUT2D eigenvalue weighted by Crippen LogP contribution is 2.20. The van der Waals surface area contributed by atoms with Gasteiger partial charge < -0.3 is 4.90 Å². The molecule has 0 bridgehead atoms. The Hall–Kier alpha value is -0.900. The van der Waals surface area contributed by atoms with E-state index in [4.69, 9.17) is 0 Å². The minimum absolute atomic E-state index is 0.0255. The van der Waals surface area contributed by atoms with Crippen LogP contribution in [0.1, 0.15) is 17.3 Å². The summed E-state index contributed by atoms with van der Waals surface area (Å²) < 4.78 is 0.823. The Morgan fingerprint density at radius 2 is 2.15 bits per heavy atom. The highest BCUT2D eigenvalue weighted by molar-refractivity contribution is 9.10. The van der Waals surface area contributed by atoms with Crippen molar-refractivity contribution < 1.29 is 4.79 Å². The van der Waals surface area contributed by atoms with Gasteiger partial charge in [-0.1, -0.05) is 0 Å². The summed E-state index contributed by atoms with van der Waals surface area (Å²) >= 11 is 3.28. The lowest BCUT2D eigenvalue weighted by atomic mass is 10.2. The maximum atomic E-state index is 11.2. The topological polar surface area (TPSA) is 33.2 Å². The molecule has 13 heavy (non-hydrogen) atoms. The molecule has 0 fully saturated rings. The predicted molar refractivity (Wildman–Crippen MR) is 56.3 cm³/mol. The molecule has 0 saturated carbocycles. The Morgan fingerprint density at radius 3 is 2.62 bits per heavy atom. The second-order valence-electron chi connectivity index (χ2n) is 2.98. The van der Waals surface area contributed by atoms with Crippen LogP contribution in [0.2, 0.25) is 0 Å². The van der Waals surface area contributed by atoms with Gasteiger partial charge in [-0.15, -0.1) is 0 Å². The molecule has 70 valence electrons. The summed E-state index contributed by atoms with van der Waals surface area (Å²) in [4.78, 5) is 17.2. The van der Waals surface area contributed by atoms with Crippen molar-refractivity contribution in [1.29, 1.82) is 0 Å². The third-order valence-corrected chi connectivity index (χ3v) is 2.07. The first-order valence-electron chi connectivity index (χ1n) is 3.86. The summed E-state index contributed by atoms with van der Waals surface area (Å²) in [5.41, 5.74) is 0.638. The van der Waals surface area contributed by atoms with Gasteiger partial charge in [-0.2, -0.15) is 0 Å². The maximum absolute atomic E-state index is 11.2. The summed E-state index contributed by atoms with van der Waals surface area (Å²) in [6.45, 7) is 1.54. The van der Waals surface area contributed by atoms with E-state index >= 15 is 0 Å². The van der Waals surface area contributed by atoms with Crippen molar-refractivity contribution in [1.82, 2.24) is 4.98 Å². The second-order valence-corrected chi connectivity index (χ2v) is 3.89. The summed E-state index contributed by atoms with van der Waals surface area (Å²) in [6, 6.07) is 1.78.